The number of methoxy groups -OCH3 is 1. The Hall–Kier alpha value is -1.14. The summed E-state index contributed by atoms with van der Waals surface area (Å²) >= 11 is 6.63. The molecule has 4 nitrogen and oxygen atoms in total. The average Bonchev–Trinajstić information content (AvgIpc) is 2.46. The Labute approximate surface area is 134 Å². The van der Waals surface area contributed by atoms with Crippen LogP contribution in [0.4, 0.5) is 0 Å². The zero-order valence-electron chi connectivity index (χ0n) is 10.9. The molecule has 1 aromatic heterocycles. The molecule has 0 radical (unpaired) electrons. The molecule has 0 saturated heterocycles. The summed E-state index contributed by atoms with van der Waals surface area (Å²) in [7, 11) is 1.31. The topological polar surface area (TPSA) is 48.4 Å². The van der Waals surface area contributed by atoms with Crippen molar-refractivity contribution in [2.45, 2.75) is 12.8 Å². The van der Waals surface area contributed by atoms with Gasteiger partial charge in [0.1, 0.15) is 11.2 Å². The van der Waals surface area contributed by atoms with Crippen molar-refractivity contribution >= 4 is 37.8 Å². The van der Waals surface area contributed by atoms with E-state index in [0.717, 1.165) is 18.4 Å². The Morgan fingerprint density at radius 1 is 1.40 bits per heavy atom. The monoisotopic (exact) mass is 401 g/mol. The highest BCUT2D eigenvalue weighted by atomic mass is 79.9. The van der Waals surface area contributed by atoms with E-state index in [1.807, 2.05) is 6.08 Å². The summed E-state index contributed by atoms with van der Waals surface area (Å²) in [6.07, 6.45) is 8.33. The quantitative estimate of drug-likeness (QED) is 0.563. The highest BCUT2D eigenvalue weighted by Crippen LogP contribution is 2.31. The van der Waals surface area contributed by atoms with Gasteiger partial charge in [0.2, 0.25) is 0 Å². The van der Waals surface area contributed by atoms with Gasteiger partial charge in [0.15, 0.2) is 11.4 Å². The average molecular weight is 403 g/mol. The maximum absolute atomic E-state index is 11.8. The Bertz CT molecular complexity index is 582. The standard InChI is InChI=1S/C14H13Br2NO3/c1-19-14(18)12-13(10(15)7-11(16)17-12)20-8-9-5-3-2-4-6-9/h3,5-7H,2,4,8H2,1H3. The van der Waals surface area contributed by atoms with Crippen LogP contribution in [0.1, 0.15) is 23.3 Å². The lowest BCUT2D eigenvalue weighted by Gasteiger charge is -2.13. The number of aromatic nitrogens is 1. The molecular formula is C14H13Br2NO3. The molecule has 106 valence electrons. The summed E-state index contributed by atoms with van der Waals surface area (Å²) in [5.41, 5.74) is 1.23. The van der Waals surface area contributed by atoms with Crippen molar-refractivity contribution in [1.29, 1.82) is 0 Å². The largest absolute Gasteiger partial charge is 0.485 e. The molecule has 1 aliphatic rings. The van der Waals surface area contributed by atoms with E-state index in [9.17, 15) is 4.79 Å². The van der Waals surface area contributed by atoms with Crippen molar-refractivity contribution in [2.75, 3.05) is 13.7 Å². The molecule has 0 atom stereocenters. The van der Waals surface area contributed by atoms with Crippen LogP contribution in [-0.4, -0.2) is 24.7 Å². The SMILES string of the molecule is COC(=O)c1nc(Br)cc(Br)c1OCC1=CCCC=C1. The molecule has 1 aromatic rings. The van der Waals surface area contributed by atoms with Crippen LogP contribution in [0.15, 0.2) is 38.9 Å². The molecule has 0 aromatic carbocycles. The summed E-state index contributed by atoms with van der Waals surface area (Å²) in [6.45, 7) is 0.391. The fraction of sp³-hybridized carbons (Fsp3) is 0.286. The molecule has 0 aliphatic heterocycles. The number of rotatable bonds is 4. The Balaban J connectivity index is 2.23. The van der Waals surface area contributed by atoms with Gasteiger partial charge in [-0.15, -0.1) is 0 Å². The van der Waals surface area contributed by atoms with Crippen molar-refractivity contribution in [3.63, 3.8) is 0 Å². The van der Waals surface area contributed by atoms with Crippen LogP contribution in [-0.2, 0) is 4.74 Å². The van der Waals surface area contributed by atoms with Crippen LogP contribution in [0, 0.1) is 0 Å². The predicted octanol–water partition coefficient (Wildman–Crippen LogP) is 4.05. The van der Waals surface area contributed by atoms with Gasteiger partial charge < -0.3 is 9.47 Å². The highest BCUT2D eigenvalue weighted by molar-refractivity contribution is 9.11. The molecule has 0 fully saturated rings. The van der Waals surface area contributed by atoms with E-state index >= 15 is 0 Å². The van der Waals surface area contributed by atoms with E-state index < -0.39 is 5.97 Å². The van der Waals surface area contributed by atoms with Crippen molar-refractivity contribution in [1.82, 2.24) is 4.98 Å². The Kier molecular flexibility index (Phi) is 5.37. The van der Waals surface area contributed by atoms with Crippen LogP contribution in [0.2, 0.25) is 0 Å². The van der Waals surface area contributed by atoms with Crippen molar-refractivity contribution in [3.8, 4) is 5.75 Å². The van der Waals surface area contributed by atoms with Gasteiger partial charge in [-0.2, -0.15) is 0 Å². The molecule has 0 spiro atoms. The molecule has 0 bridgehead atoms. The molecule has 6 heteroatoms. The number of halogens is 2. The maximum atomic E-state index is 11.8. The van der Waals surface area contributed by atoms with Gasteiger partial charge in [0.25, 0.3) is 0 Å². The van der Waals surface area contributed by atoms with Gasteiger partial charge in [-0.3, -0.25) is 0 Å². The first-order valence-electron chi connectivity index (χ1n) is 6.04. The molecule has 2 rings (SSSR count). The van der Waals surface area contributed by atoms with Crippen LogP contribution in [0.3, 0.4) is 0 Å². The number of carbonyl (C=O) groups is 1. The number of pyridine rings is 1. The van der Waals surface area contributed by atoms with Gasteiger partial charge in [0.05, 0.1) is 11.6 Å². The Morgan fingerprint density at radius 2 is 2.20 bits per heavy atom. The fourth-order valence-electron chi connectivity index (χ4n) is 1.78. The minimum Gasteiger partial charge on any atom is -0.485 e. The molecule has 1 aliphatic carbocycles. The third-order valence-electron chi connectivity index (χ3n) is 2.73. The molecular weight excluding hydrogens is 390 g/mol. The lowest BCUT2D eigenvalue weighted by atomic mass is 10.1. The predicted molar refractivity (Wildman–Crippen MR) is 82.9 cm³/mol. The van der Waals surface area contributed by atoms with Crippen LogP contribution >= 0.6 is 31.9 Å². The number of esters is 1. The van der Waals surface area contributed by atoms with E-state index in [-0.39, 0.29) is 5.69 Å². The smallest absolute Gasteiger partial charge is 0.360 e. The second kappa shape index (κ2) is 7.04. The highest BCUT2D eigenvalue weighted by Gasteiger charge is 2.19. The lowest BCUT2D eigenvalue weighted by Crippen LogP contribution is -2.11. The van der Waals surface area contributed by atoms with E-state index in [1.54, 1.807) is 6.07 Å². The van der Waals surface area contributed by atoms with Crippen molar-refractivity contribution in [2.24, 2.45) is 0 Å². The van der Waals surface area contributed by atoms with E-state index in [2.05, 4.69) is 49.0 Å². The number of carbonyl (C=O) groups excluding carboxylic acids is 1. The number of hydrogen-bond donors (Lipinski definition) is 0. The first-order chi connectivity index (χ1) is 9.61. The number of nitrogens with zero attached hydrogens (tertiary/aromatic N) is 1. The zero-order chi connectivity index (χ0) is 14.5. The summed E-state index contributed by atoms with van der Waals surface area (Å²) in [4.78, 5) is 15.9. The molecule has 0 saturated carbocycles. The number of allylic oxidation sites excluding steroid dienone is 2. The van der Waals surface area contributed by atoms with Gasteiger partial charge in [0, 0.05) is 0 Å². The van der Waals surface area contributed by atoms with Crippen LogP contribution in [0.25, 0.3) is 0 Å². The third-order valence-corrected chi connectivity index (χ3v) is 3.73. The van der Waals surface area contributed by atoms with Crippen LogP contribution < -0.4 is 4.74 Å². The van der Waals surface area contributed by atoms with E-state index in [4.69, 9.17) is 9.47 Å². The molecule has 0 N–H and O–H groups in total. The number of ether oxygens (including phenoxy) is 2. The first-order valence-corrected chi connectivity index (χ1v) is 7.63. The lowest BCUT2D eigenvalue weighted by molar-refractivity contribution is 0.0589. The summed E-state index contributed by atoms with van der Waals surface area (Å²) in [5, 5.41) is 0. The van der Waals surface area contributed by atoms with E-state index in [0.29, 0.717) is 21.4 Å². The van der Waals surface area contributed by atoms with E-state index in [1.165, 1.54) is 7.11 Å². The number of hydrogen-bond acceptors (Lipinski definition) is 4. The molecule has 20 heavy (non-hydrogen) atoms. The molecule has 1 heterocycles. The van der Waals surface area contributed by atoms with Crippen LogP contribution in [0.5, 0.6) is 5.75 Å². The van der Waals surface area contributed by atoms with Gasteiger partial charge >= 0.3 is 5.97 Å². The van der Waals surface area contributed by atoms with Gasteiger partial charge in [-0.05, 0) is 56.3 Å². The maximum Gasteiger partial charge on any atom is 0.360 e. The first kappa shape index (κ1) is 15.3. The minimum absolute atomic E-state index is 0.147. The Morgan fingerprint density at radius 3 is 2.85 bits per heavy atom. The normalized spacial score (nSPS) is 13.8. The minimum atomic E-state index is -0.532. The second-order valence-electron chi connectivity index (χ2n) is 4.14. The zero-order valence-corrected chi connectivity index (χ0v) is 14.0. The van der Waals surface area contributed by atoms with Gasteiger partial charge in [-0.1, -0.05) is 18.2 Å². The second-order valence-corrected chi connectivity index (χ2v) is 5.81. The summed E-state index contributed by atoms with van der Waals surface area (Å²) in [6, 6.07) is 1.73. The molecule has 0 amide bonds. The fourth-order valence-corrected chi connectivity index (χ4v) is 3.01. The van der Waals surface area contributed by atoms with Gasteiger partial charge in [-0.25, -0.2) is 9.78 Å². The summed E-state index contributed by atoms with van der Waals surface area (Å²) in [5.74, 6) is -0.143. The van der Waals surface area contributed by atoms with Crippen molar-refractivity contribution in [3.05, 3.63) is 44.6 Å². The summed E-state index contributed by atoms with van der Waals surface area (Å²) < 4.78 is 11.7. The third kappa shape index (κ3) is 3.70. The van der Waals surface area contributed by atoms with Crippen molar-refractivity contribution < 1.29 is 14.3 Å². The molecule has 0 unspecified atom stereocenters.